The van der Waals surface area contributed by atoms with Crippen molar-refractivity contribution >= 4 is 5.91 Å². The van der Waals surface area contributed by atoms with Gasteiger partial charge in [0.25, 0.3) is 0 Å². The van der Waals surface area contributed by atoms with E-state index >= 15 is 0 Å². The van der Waals surface area contributed by atoms with Crippen LogP contribution < -0.4 is 5.32 Å². The van der Waals surface area contributed by atoms with E-state index in [1.54, 1.807) is 0 Å². The van der Waals surface area contributed by atoms with Gasteiger partial charge < -0.3 is 10.1 Å². The fraction of sp³-hybridized carbons (Fsp3) is 0.938. The van der Waals surface area contributed by atoms with Crippen molar-refractivity contribution in [3.63, 3.8) is 0 Å². The lowest BCUT2D eigenvalue weighted by molar-refractivity contribution is -0.132. The van der Waals surface area contributed by atoms with Crippen LogP contribution in [0.2, 0.25) is 0 Å². The summed E-state index contributed by atoms with van der Waals surface area (Å²) < 4.78 is 5.36. The van der Waals surface area contributed by atoms with Gasteiger partial charge in [-0.25, -0.2) is 0 Å². The summed E-state index contributed by atoms with van der Waals surface area (Å²) in [7, 11) is 0. The molecule has 0 unspecified atom stereocenters. The normalized spacial score (nSPS) is 29.1. The second-order valence-electron chi connectivity index (χ2n) is 7.20. The highest BCUT2D eigenvalue weighted by Gasteiger charge is 2.32. The molecule has 4 heteroatoms. The molecule has 0 radical (unpaired) electrons. The molecule has 0 bridgehead atoms. The molecular formula is C16H30N2O2. The van der Waals surface area contributed by atoms with Crippen LogP contribution in [0.15, 0.2) is 0 Å². The molecular weight excluding hydrogens is 252 g/mol. The molecule has 1 aliphatic carbocycles. The van der Waals surface area contributed by atoms with Gasteiger partial charge in [-0.1, -0.05) is 6.92 Å². The van der Waals surface area contributed by atoms with E-state index in [0.717, 1.165) is 51.6 Å². The Kier molecular flexibility index (Phi) is 5.44. The first kappa shape index (κ1) is 15.8. The largest absolute Gasteiger partial charge is 0.379 e. The van der Waals surface area contributed by atoms with Crippen LogP contribution in [0.4, 0.5) is 0 Å². The lowest BCUT2D eigenvalue weighted by atomic mass is 9.85. The predicted octanol–water partition coefficient (Wildman–Crippen LogP) is 2.04. The Morgan fingerprint density at radius 1 is 1.20 bits per heavy atom. The highest BCUT2D eigenvalue weighted by Crippen LogP contribution is 2.25. The number of hydrogen-bond acceptors (Lipinski definition) is 3. The number of carbonyl (C=O) groups excluding carboxylic acids is 1. The number of amides is 1. The Balaban J connectivity index is 1.80. The average molecular weight is 282 g/mol. The zero-order chi connectivity index (χ0) is 14.6. The Hall–Kier alpha value is -0.610. The Morgan fingerprint density at radius 3 is 2.40 bits per heavy atom. The van der Waals surface area contributed by atoms with Crippen molar-refractivity contribution in [2.24, 2.45) is 11.3 Å². The maximum atomic E-state index is 12.5. The summed E-state index contributed by atoms with van der Waals surface area (Å²) in [6, 6.07) is 0.391. The van der Waals surface area contributed by atoms with E-state index in [2.05, 4.69) is 31.0 Å². The molecule has 0 atom stereocenters. The van der Waals surface area contributed by atoms with Crippen LogP contribution in [0.1, 0.15) is 46.5 Å². The van der Waals surface area contributed by atoms with Gasteiger partial charge in [-0.05, 0) is 45.4 Å². The molecule has 2 fully saturated rings. The van der Waals surface area contributed by atoms with E-state index in [4.69, 9.17) is 4.74 Å². The summed E-state index contributed by atoms with van der Waals surface area (Å²) >= 11 is 0. The Morgan fingerprint density at radius 2 is 1.80 bits per heavy atom. The number of hydrogen-bond donors (Lipinski definition) is 1. The van der Waals surface area contributed by atoms with E-state index in [1.165, 1.54) is 12.8 Å². The van der Waals surface area contributed by atoms with Gasteiger partial charge in [0.2, 0.25) is 5.91 Å². The first-order valence-corrected chi connectivity index (χ1v) is 8.08. The molecule has 2 aliphatic rings. The second-order valence-corrected chi connectivity index (χ2v) is 7.20. The standard InChI is InChI=1S/C16H30N2O2/c1-13-4-6-14(7-5-13)17-15(19)16(2,3)12-18-8-10-20-11-9-18/h13-14H,4-12H2,1-3H3,(H,17,19). The summed E-state index contributed by atoms with van der Waals surface area (Å²) in [5.41, 5.74) is -0.319. The monoisotopic (exact) mass is 282 g/mol. The molecule has 1 aliphatic heterocycles. The summed E-state index contributed by atoms with van der Waals surface area (Å²) in [6.45, 7) is 10.7. The molecule has 1 saturated carbocycles. The minimum Gasteiger partial charge on any atom is -0.379 e. The quantitative estimate of drug-likeness (QED) is 0.858. The van der Waals surface area contributed by atoms with Crippen molar-refractivity contribution in [1.29, 1.82) is 0 Å². The highest BCUT2D eigenvalue weighted by atomic mass is 16.5. The Bertz CT molecular complexity index is 316. The maximum Gasteiger partial charge on any atom is 0.227 e. The molecule has 0 spiro atoms. The van der Waals surface area contributed by atoms with Crippen molar-refractivity contribution in [1.82, 2.24) is 10.2 Å². The van der Waals surface area contributed by atoms with Gasteiger partial charge >= 0.3 is 0 Å². The SMILES string of the molecule is CC1CCC(NC(=O)C(C)(C)CN2CCOCC2)CC1. The molecule has 1 saturated heterocycles. The van der Waals surface area contributed by atoms with Crippen LogP contribution in [0.25, 0.3) is 0 Å². The average Bonchev–Trinajstić information content (AvgIpc) is 2.42. The van der Waals surface area contributed by atoms with Crippen molar-refractivity contribution in [2.45, 2.75) is 52.5 Å². The molecule has 0 aromatic carbocycles. The van der Waals surface area contributed by atoms with E-state index in [9.17, 15) is 4.79 Å². The number of ether oxygens (including phenoxy) is 1. The number of morpholine rings is 1. The van der Waals surface area contributed by atoms with Crippen LogP contribution in [0.3, 0.4) is 0 Å². The first-order chi connectivity index (χ1) is 9.47. The first-order valence-electron chi connectivity index (χ1n) is 8.08. The third-order valence-electron chi connectivity index (χ3n) is 4.69. The molecule has 1 amide bonds. The van der Waals surface area contributed by atoms with Gasteiger partial charge in [0.1, 0.15) is 0 Å². The van der Waals surface area contributed by atoms with Gasteiger partial charge in [-0.15, -0.1) is 0 Å². The molecule has 20 heavy (non-hydrogen) atoms. The zero-order valence-corrected chi connectivity index (χ0v) is 13.3. The number of nitrogens with zero attached hydrogens (tertiary/aromatic N) is 1. The molecule has 116 valence electrons. The number of nitrogens with one attached hydrogen (secondary N) is 1. The van der Waals surface area contributed by atoms with E-state index in [1.807, 2.05) is 0 Å². The number of rotatable bonds is 4. The zero-order valence-electron chi connectivity index (χ0n) is 13.3. The van der Waals surface area contributed by atoms with E-state index in [-0.39, 0.29) is 11.3 Å². The number of carbonyl (C=O) groups is 1. The summed E-state index contributed by atoms with van der Waals surface area (Å²) in [5, 5.41) is 3.27. The van der Waals surface area contributed by atoms with Crippen LogP contribution >= 0.6 is 0 Å². The third-order valence-corrected chi connectivity index (χ3v) is 4.69. The van der Waals surface area contributed by atoms with Gasteiger partial charge in [-0.2, -0.15) is 0 Å². The maximum absolute atomic E-state index is 12.5. The predicted molar refractivity (Wildman–Crippen MR) is 80.6 cm³/mol. The van der Waals surface area contributed by atoms with Crippen LogP contribution in [0.5, 0.6) is 0 Å². The highest BCUT2D eigenvalue weighted by molar-refractivity contribution is 5.82. The summed E-state index contributed by atoms with van der Waals surface area (Å²) in [6.07, 6.45) is 4.77. The van der Waals surface area contributed by atoms with E-state index in [0.29, 0.717) is 6.04 Å². The second kappa shape index (κ2) is 6.90. The Labute approximate surface area is 123 Å². The molecule has 4 nitrogen and oxygen atoms in total. The molecule has 1 heterocycles. The molecule has 2 rings (SSSR count). The lowest BCUT2D eigenvalue weighted by Gasteiger charge is -2.35. The molecule has 0 aromatic rings. The molecule has 0 aromatic heterocycles. The van der Waals surface area contributed by atoms with Gasteiger partial charge in [0.05, 0.1) is 18.6 Å². The van der Waals surface area contributed by atoms with Crippen LogP contribution in [0, 0.1) is 11.3 Å². The smallest absolute Gasteiger partial charge is 0.227 e. The van der Waals surface area contributed by atoms with Crippen molar-refractivity contribution in [3.8, 4) is 0 Å². The van der Waals surface area contributed by atoms with Gasteiger partial charge in [0, 0.05) is 25.7 Å². The van der Waals surface area contributed by atoms with Crippen LogP contribution in [-0.4, -0.2) is 49.7 Å². The minimum atomic E-state index is -0.319. The molecule has 1 N–H and O–H groups in total. The third kappa shape index (κ3) is 4.45. The fourth-order valence-corrected chi connectivity index (χ4v) is 3.18. The van der Waals surface area contributed by atoms with Crippen LogP contribution in [-0.2, 0) is 9.53 Å². The van der Waals surface area contributed by atoms with E-state index < -0.39 is 0 Å². The fourth-order valence-electron chi connectivity index (χ4n) is 3.18. The lowest BCUT2D eigenvalue weighted by Crippen LogP contribution is -2.50. The van der Waals surface area contributed by atoms with Crippen molar-refractivity contribution in [3.05, 3.63) is 0 Å². The summed E-state index contributed by atoms with van der Waals surface area (Å²) in [4.78, 5) is 14.9. The van der Waals surface area contributed by atoms with Gasteiger partial charge in [0.15, 0.2) is 0 Å². The minimum absolute atomic E-state index is 0.212. The topological polar surface area (TPSA) is 41.6 Å². The summed E-state index contributed by atoms with van der Waals surface area (Å²) in [5.74, 6) is 1.04. The van der Waals surface area contributed by atoms with Gasteiger partial charge in [-0.3, -0.25) is 9.69 Å². The van der Waals surface area contributed by atoms with Crippen molar-refractivity contribution < 1.29 is 9.53 Å². The van der Waals surface area contributed by atoms with Crippen molar-refractivity contribution in [2.75, 3.05) is 32.8 Å².